The van der Waals surface area contributed by atoms with Gasteiger partial charge in [0.05, 0.1) is 0 Å². The Kier molecular flexibility index (Phi) is 7.14. The van der Waals surface area contributed by atoms with Gasteiger partial charge in [-0.05, 0) is 102 Å². The van der Waals surface area contributed by atoms with Crippen molar-refractivity contribution in [3.63, 3.8) is 0 Å². The van der Waals surface area contributed by atoms with E-state index in [-0.39, 0.29) is 5.41 Å². The lowest BCUT2D eigenvalue weighted by Gasteiger charge is -2.28. The molecule has 1 heterocycles. The quantitative estimate of drug-likeness (QED) is 0.171. The van der Waals surface area contributed by atoms with Crippen LogP contribution in [0.1, 0.15) is 25.0 Å². The first-order valence-electron chi connectivity index (χ1n) is 19.1. The summed E-state index contributed by atoms with van der Waals surface area (Å²) in [4.78, 5) is 2.45. The third-order valence-corrected chi connectivity index (χ3v) is 13.1. The zero-order chi connectivity index (χ0) is 36.7. The van der Waals surface area contributed by atoms with E-state index in [4.69, 9.17) is 0 Å². The number of anilines is 3. The van der Waals surface area contributed by atoms with Crippen molar-refractivity contribution in [1.82, 2.24) is 0 Å². The maximum Gasteiger partial charge on any atom is 0.0476 e. The third-order valence-electron chi connectivity index (χ3n) is 11.9. The van der Waals surface area contributed by atoms with Crippen LogP contribution in [0.15, 0.2) is 188 Å². The summed E-state index contributed by atoms with van der Waals surface area (Å²) >= 11 is 1.90. The molecule has 10 aromatic rings. The standard InChI is InChI=1S/C53H37NS/c1-53(2)48-21-9-8-18-44(48)45-30-27-39(32-49(45)53)54(40-28-31-46-47-29-24-35-14-6-7-17-43(35)52(47)55-50(46)33-40)38-25-22-36(23-26-38)42-20-11-16-37-15-10-19-41(51(37)42)34-12-4-3-5-13-34/h3-33H,1-2H3. The highest BCUT2D eigenvalue weighted by molar-refractivity contribution is 7.26. The van der Waals surface area contributed by atoms with Crippen LogP contribution in [0.4, 0.5) is 17.1 Å². The second-order valence-electron chi connectivity index (χ2n) is 15.3. The molecule has 0 fully saturated rings. The van der Waals surface area contributed by atoms with Gasteiger partial charge in [0.15, 0.2) is 0 Å². The van der Waals surface area contributed by atoms with Crippen molar-refractivity contribution in [2.45, 2.75) is 19.3 Å². The predicted octanol–water partition coefficient (Wildman–Crippen LogP) is 15.5. The molecule has 0 N–H and O–H groups in total. The Labute approximate surface area is 325 Å². The topological polar surface area (TPSA) is 3.24 Å². The van der Waals surface area contributed by atoms with Crippen molar-refractivity contribution in [2.24, 2.45) is 0 Å². The minimum atomic E-state index is -0.0984. The number of nitrogens with zero attached hydrogens (tertiary/aromatic N) is 1. The molecule has 11 rings (SSSR count). The molecule has 2 heteroatoms. The highest BCUT2D eigenvalue weighted by Gasteiger charge is 2.35. The monoisotopic (exact) mass is 719 g/mol. The molecular formula is C53H37NS. The summed E-state index contributed by atoms with van der Waals surface area (Å²) in [5, 5.41) is 7.76. The minimum absolute atomic E-state index is 0.0984. The molecule has 55 heavy (non-hydrogen) atoms. The molecule has 9 aromatic carbocycles. The first-order chi connectivity index (χ1) is 27.0. The first kappa shape index (κ1) is 32.0. The van der Waals surface area contributed by atoms with Gasteiger partial charge in [-0.15, -0.1) is 11.3 Å². The van der Waals surface area contributed by atoms with E-state index in [0.29, 0.717) is 0 Å². The lowest BCUT2D eigenvalue weighted by Crippen LogP contribution is -2.16. The van der Waals surface area contributed by atoms with Crippen LogP contribution in [-0.2, 0) is 5.41 Å². The van der Waals surface area contributed by atoms with Gasteiger partial charge in [0.2, 0.25) is 0 Å². The molecule has 0 radical (unpaired) electrons. The molecule has 0 bridgehead atoms. The first-order valence-corrected chi connectivity index (χ1v) is 19.9. The average Bonchev–Trinajstić information content (AvgIpc) is 3.73. The minimum Gasteiger partial charge on any atom is -0.310 e. The summed E-state index contributed by atoms with van der Waals surface area (Å²) in [5.41, 5.74) is 13.7. The lowest BCUT2D eigenvalue weighted by molar-refractivity contribution is 0.660. The highest BCUT2D eigenvalue weighted by atomic mass is 32.1. The van der Waals surface area contributed by atoms with Crippen LogP contribution in [0.25, 0.3) is 75.1 Å². The van der Waals surface area contributed by atoms with Gasteiger partial charge in [-0.1, -0.05) is 166 Å². The summed E-state index contributed by atoms with van der Waals surface area (Å²) in [6.45, 7) is 4.73. The van der Waals surface area contributed by atoms with Gasteiger partial charge >= 0.3 is 0 Å². The molecule has 260 valence electrons. The van der Waals surface area contributed by atoms with Crippen molar-refractivity contribution in [3.05, 3.63) is 199 Å². The van der Waals surface area contributed by atoms with Gasteiger partial charge in [0.1, 0.15) is 0 Å². The van der Waals surface area contributed by atoms with Gasteiger partial charge in [-0.25, -0.2) is 0 Å². The smallest absolute Gasteiger partial charge is 0.0476 e. The number of fused-ring (bicyclic) bond motifs is 9. The average molecular weight is 720 g/mol. The maximum absolute atomic E-state index is 2.45. The van der Waals surface area contributed by atoms with Gasteiger partial charge in [-0.3, -0.25) is 0 Å². The number of rotatable bonds is 5. The van der Waals surface area contributed by atoms with Crippen molar-refractivity contribution in [1.29, 1.82) is 0 Å². The molecule has 0 unspecified atom stereocenters. The van der Waals surface area contributed by atoms with Crippen LogP contribution in [0, 0.1) is 0 Å². The number of hydrogen-bond acceptors (Lipinski definition) is 2. The molecule has 0 aliphatic heterocycles. The van der Waals surface area contributed by atoms with E-state index in [1.165, 1.54) is 86.2 Å². The van der Waals surface area contributed by atoms with Gasteiger partial charge in [-0.2, -0.15) is 0 Å². The summed E-state index contributed by atoms with van der Waals surface area (Å²) in [6.07, 6.45) is 0. The van der Waals surface area contributed by atoms with Crippen LogP contribution >= 0.6 is 11.3 Å². The molecule has 0 saturated heterocycles. The van der Waals surface area contributed by atoms with Crippen LogP contribution in [0.5, 0.6) is 0 Å². The van der Waals surface area contributed by atoms with E-state index in [2.05, 4.69) is 207 Å². The highest BCUT2D eigenvalue weighted by Crippen LogP contribution is 2.51. The Balaban J connectivity index is 1.08. The van der Waals surface area contributed by atoms with Gasteiger partial charge in [0, 0.05) is 42.6 Å². The number of benzene rings is 9. The van der Waals surface area contributed by atoms with E-state index >= 15 is 0 Å². The van der Waals surface area contributed by atoms with Crippen LogP contribution < -0.4 is 4.90 Å². The summed E-state index contributed by atoms with van der Waals surface area (Å²) in [6, 6.07) is 69.6. The second kappa shape index (κ2) is 12.3. The van der Waals surface area contributed by atoms with Crippen LogP contribution in [0.2, 0.25) is 0 Å². The largest absolute Gasteiger partial charge is 0.310 e. The zero-order valence-electron chi connectivity index (χ0n) is 30.8. The zero-order valence-corrected chi connectivity index (χ0v) is 31.6. The fraction of sp³-hybridized carbons (Fsp3) is 0.0566. The summed E-state index contributed by atoms with van der Waals surface area (Å²) < 4.78 is 2.65. The molecule has 0 amide bonds. The molecule has 0 spiro atoms. The van der Waals surface area contributed by atoms with Crippen LogP contribution in [0.3, 0.4) is 0 Å². The Morgan fingerprint density at radius 1 is 0.400 bits per heavy atom. The molecular weight excluding hydrogens is 683 g/mol. The Bertz CT molecular complexity index is 3110. The molecule has 1 aliphatic carbocycles. The Morgan fingerprint density at radius 3 is 1.82 bits per heavy atom. The Morgan fingerprint density at radius 2 is 1.00 bits per heavy atom. The molecule has 0 atom stereocenters. The maximum atomic E-state index is 2.45. The van der Waals surface area contributed by atoms with Crippen LogP contribution in [-0.4, -0.2) is 0 Å². The van der Waals surface area contributed by atoms with Crippen molar-refractivity contribution in [3.8, 4) is 33.4 Å². The summed E-state index contributed by atoms with van der Waals surface area (Å²) in [7, 11) is 0. The third kappa shape index (κ3) is 4.99. The molecule has 0 saturated carbocycles. The Hall–Kier alpha value is -6.48. The number of hydrogen-bond donors (Lipinski definition) is 0. The number of thiophene rings is 1. The fourth-order valence-electron chi connectivity index (χ4n) is 9.14. The van der Waals surface area contributed by atoms with E-state index in [9.17, 15) is 0 Å². The van der Waals surface area contributed by atoms with Gasteiger partial charge in [0.25, 0.3) is 0 Å². The lowest BCUT2D eigenvalue weighted by atomic mass is 9.82. The van der Waals surface area contributed by atoms with Gasteiger partial charge < -0.3 is 4.90 Å². The fourth-order valence-corrected chi connectivity index (χ4v) is 10.4. The normalized spacial score (nSPS) is 13.1. The van der Waals surface area contributed by atoms with Crippen molar-refractivity contribution in [2.75, 3.05) is 4.90 Å². The van der Waals surface area contributed by atoms with E-state index in [1.54, 1.807) is 0 Å². The molecule has 1 nitrogen and oxygen atoms in total. The van der Waals surface area contributed by atoms with E-state index in [0.717, 1.165) is 17.1 Å². The SMILES string of the molecule is CC1(C)c2ccccc2-c2ccc(N(c3ccc(-c4cccc5cccc(-c6ccccc6)c45)cc3)c3ccc4c(c3)sc3c5ccccc5ccc43)cc21. The van der Waals surface area contributed by atoms with E-state index in [1.807, 2.05) is 11.3 Å². The predicted molar refractivity (Wildman–Crippen MR) is 237 cm³/mol. The second-order valence-corrected chi connectivity index (χ2v) is 16.4. The van der Waals surface area contributed by atoms with E-state index < -0.39 is 0 Å². The van der Waals surface area contributed by atoms with Crippen molar-refractivity contribution >= 4 is 70.1 Å². The molecule has 1 aromatic heterocycles. The summed E-state index contributed by atoms with van der Waals surface area (Å²) in [5.74, 6) is 0. The van der Waals surface area contributed by atoms with Crippen molar-refractivity contribution < 1.29 is 0 Å². The molecule has 1 aliphatic rings.